The van der Waals surface area contributed by atoms with E-state index >= 15 is 0 Å². The highest BCUT2D eigenvalue weighted by atomic mass is 16.5. The van der Waals surface area contributed by atoms with E-state index in [4.69, 9.17) is 15.6 Å². The van der Waals surface area contributed by atoms with E-state index in [-0.39, 0.29) is 29.2 Å². The largest absolute Gasteiger partial charge is 0.495 e. The minimum atomic E-state index is -0.227. The number of hydrogen-bond donors (Lipinski definition) is 3. The highest BCUT2D eigenvalue weighted by Crippen LogP contribution is 2.63. The van der Waals surface area contributed by atoms with Gasteiger partial charge in [0.2, 0.25) is 5.91 Å². The number of rotatable bonds is 12. The summed E-state index contributed by atoms with van der Waals surface area (Å²) in [7, 11) is 3.48. The molecule has 2 aromatic carbocycles. The molecule has 4 N–H and O–H groups in total. The summed E-state index contributed by atoms with van der Waals surface area (Å²) in [6.45, 7) is 5.74. The zero-order valence-electron chi connectivity index (χ0n) is 34.9. The van der Waals surface area contributed by atoms with Crippen LogP contribution in [0, 0.1) is 34.5 Å². The van der Waals surface area contributed by atoms with Crippen molar-refractivity contribution in [1.82, 2.24) is 34.5 Å². The summed E-state index contributed by atoms with van der Waals surface area (Å²) in [5.74, 6) is 4.04. The molecule has 3 aromatic heterocycles. The molecule has 4 bridgehead atoms. The van der Waals surface area contributed by atoms with Crippen molar-refractivity contribution in [2.45, 2.75) is 90.0 Å². The van der Waals surface area contributed by atoms with Crippen molar-refractivity contribution in [2.24, 2.45) is 41.5 Å². The SMILES string of the molecule is COc1cc(-c2nn(C3CCN(CCNC(=O)C4CC[C@]4(C)CCC45CC6CC(CC(C6)C4)C5)CC3)c3ncnc(N)c23)ccc1NC(=O)c1cc2ccccc2n1C. The number of amides is 2. The first kappa shape index (κ1) is 38.2. The Labute approximate surface area is 346 Å². The average molecular weight is 798 g/mol. The fourth-order valence-electron chi connectivity index (χ4n) is 12.6. The number of carbonyl (C=O) groups excluding carboxylic acids is 2. The molecule has 2 amide bonds. The standard InChI is InChI=1S/C47H59N9O3/c1-46(14-15-47-25-29-20-30(26-47)22-31(21-29)27-47)13-10-35(46)44(57)49-16-19-55-17-11-34(12-18-55)56-43-40(42(48)50-28-51-43)41(53-56)33-8-9-36(39(24-33)59-3)52-45(58)38-23-32-6-4-5-7-37(32)54(38)2/h4-9,23-24,28-31,34-35H,10-22,25-27H2,1-3H3,(H,49,57)(H,52,58)(H2,48,50,51)/t29?,30?,31?,35?,46-,47?/m1/s1. The number of aryl methyl sites for hydroxylation is 1. The van der Waals surface area contributed by atoms with E-state index < -0.39 is 0 Å². The molecule has 1 unspecified atom stereocenters. The average Bonchev–Trinajstić information content (AvgIpc) is 3.78. The van der Waals surface area contributed by atoms with Gasteiger partial charge in [-0.2, -0.15) is 5.10 Å². The van der Waals surface area contributed by atoms with E-state index in [1.54, 1.807) is 7.11 Å². The summed E-state index contributed by atoms with van der Waals surface area (Å²) in [6, 6.07) is 15.6. The number of benzene rings is 2. The van der Waals surface area contributed by atoms with Crippen molar-refractivity contribution in [3.8, 4) is 17.0 Å². The van der Waals surface area contributed by atoms with Crippen molar-refractivity contribution in [1.29, 1.82) is 0 Å². The Hall–Kier alpha value is -4.97. The highest BCUT2D eigenvalue weighted by Gasteiger charge is 2.53. The number of nitrogen functional groups attached to an aromatic ring is 1. The molecular formula is C47H59N9O3. The number of methoxy groups -OCH3 is 1. The van der Waals surface area contributed by atoms with E-state index in [0.29, 0.717) is 51.6 Å². The van der Waals surface area contributed by atoms with E-state index in [0.717, 1.165) is 73.1 Å². The van der Waals surface area contributed by atoms with Gasteiger partial charge < -0.3 is 30.6 Å². The number of ether oxygens (including phenoxy) is 1. The maximum Gasteiger partial charge on any atom is 0.272 e. The number of para-hydroxylation sites is 1. The van der Waals surface area contributed by atoms with Crippen molar-refractivity contribution in [3.63, 3.8) is 0 Å². The molecule has 11 rings (SSSR count). The molecule has 1 saturated heterocycles. The molecule has 6 fully saturated rings. The molecule has 5 aromatic rings. The Kier molecular flexibility index (Phi) is 9.68. The monoisotopic (exact) mass is 797 g/mol. The second-order valence-electron chi connectivity index (χ2n) is 19.3. The number of hydrogen-bond acceptors (Lipinski definition) is 8. The third kappa shape index (κ3) is 6.94. The predicted octanol–water partition coefficient (Wildman–Crippen LogP) is 7.99. The number of carbonyl (C=O) groups is 2. The lowest BCUT2D eigenvalue weighted by Gasteiger charge is -2.58. The van der Waals surface area contributed by atoms with E-state index in [1.165, 1.54) is 64.1 Å². The fraction of sp³-hybridized carbons (Fsp3) is 0.553. The second-order valence-corrected chi connectivity index (χ2v) is 19.3. The third-order valence-electron chi connectivity index (χ3n) is 15.6. The molecular weight excluding hydrogens is 739 g/mol. The normalized spacial score (nSPS) is 27.9. The molecule has 12 nitrogen and oxygen atoms in total. The van der Waals surface area contributed by atoms with Crippen LogP contribution >= 0.6 is 0 Å². The van der Waals surface area contributed by atoms with Crippen molar-refractivity contribution in [2.75, 3.05) is 44.3 Å². The van der Waals surface area contributed by atoms with E-state index in [2.05, 4.69) is 32.4 Å². The summed E-state index contributed by atoms with van der Waals surface area (Å²) >= 11 is 0. The molecule has 2 atom stereocenters. The van der Waals surface area contributed by atoms with Gasteiger partial charge in [0.1, 0.15) is 29.3 Å². The molecule has 0 radical (unpaired) electrons. The molecule has 310 valence electrons. The summed E-state index contributed by atoms with van der Waals surface area (Å²) in [6.07, 6.45) is 16.9. The fourth-order valence-corrected chi connectivity index (χ4v) is 12.6. The maximum atomic E-state index is 13.5. The summed E-state index contributed by atoms with van der Waals surface area (Å²) in [5, 5.41) is 13.2. The third-order valence-corrected chi connectivity index (χ3v) is 15.6. The van der Waals surface area contributed by atoms with Crippen LogP contribution in [0.4, 0.5) is 11.5 Å². The first-order chi connectivity index (χ1) is 28.6. The van der Waals surface area contributed by atoms with Crippen LogP contribution in [-0.2, 0) is 11.8 Å². The number of anilines is 2. The van der Waals surface area contributed by atoms with Crippen molar-refractivity contribution < 1.29 is 14.3 Å². The first-order valence-corrected chi connectivity index (χ1v) is 22.1. The lowest BCUT2D eigenvalue weighted by molar-refractivity contribution is -0.137. The Bertz CT molecular complexity index is 2370. The number of aromatic nitrogens is 5. The zero-order chi connectivity index (χ0) is 40.5. The number of likely N-dealkylation sites (tertiary alicyclic amines) is 1. The van der Waals surface area contributed by atoms with Crippen LogP contribution in [0.1, 0.15) is 101 Å². The van der Waals surface area contributed by atoms with Gasteiger partial charge in [-0.25, -0.2) is 14.6 Å². The Balaban J connectivity index is 0.759. The van der Waals surface area contributed by atoms with Gasteiger partial charge in [0, 0.05) is 55.6 Å². The molecule has 1 aliphatic heterocycles. The van der Waals surface area contributed by atoms with Crippen molar-refractivity contribution >= 4 is 45.3 Å². The topological polar surface area (TPSA) is 145 Å². The lowest BCUT2D eigenvalue weighted by Crippen LogP contribution is -2.51. The minimum absolute atomic E-state index is 0.136. The summed E-state index contributed by atoms with van der Waals surface area (Å²) in [4.78, 5) is 38.4. The van der Waals surface area contributed by atoms with E-state index in [9.17, 15) is 9.59 Å². The summed E-state index contributed by atoms with van der Waals surface area (Å²) in [5.41, 5.74) is 11.5. The zero-order valence-corrected chi connectivity index (χ0v) is 34.9. The van der Waals surface area contributed by atoms with Gasteiger partial charge in [0.25, 0.3) is 5.91 Å². The van der Waals surface area contributed by atoms with Gasteiger partial charge in [0.05, 0.1) is 24.2 Å². The Morgan fingerprint density at radius 1 is 0.949 bits per heavy atom. The van der Waals surface area contributed by atoms with Crippen molar-refractivity contribution in [3.05, 3.63) is 60.6 Å². The van der Waals surface area contributed by atoms with Crippen LogP contribution in [0.3, 0.4) is 0 Å². The van der Waals surface area contributed by atoms with Crippen LogP contribution in [-0.4, -0.2) is 74.3 Å². The van der Waals surface area contributed by atoms with Crippen LogP contribution in [0.15, 0.2) is 54.9 Å². The molecule has 59 heavy (non-hydrogen) atoms. The Morgan fingerprint density at radius 2 is 1.69 bits per heavy atom. The smallest absolute Gasteiger partial charge is 0.272 e. The quantitative estimate of drug-likeness (QED) is 0.115. The number of nitrogens with one attached hydrogen (secondary N) is 2. The van der Waals surface area contributed by atoms with Gasteiger partial charge in [0.15, 0.2) is 5.65 Å². The van der Waals surface area contributed by atoms with Gasteiger partial charge in [-0.1, -0.05) is 31.2 Å². The van der Waals surface area contributed by atoms with Crippen LogP contribution in [0.2, 0.25) is 0 Å². The predicted molar refractivity (Wildman–Crippen MR) is 231 cm³/mol. The van der Waals surface area contributed by atoms with Gasteiger partial charge in [-0.15, -0.1) is 0 Å². The Morgan fingerprint density at radius 3 is 2.39 bits per heavy atom. The minimum Gasteiger partial charge on any atom is -0.495 e. The molecule has 0 spiro atoms. The van der Waals surface area contributed by atoms with Gasteiger partial charge >= 0.3 is 0 Å². The summed E-state index contributed by atoms with van der Waals surface area (Å²) < 4.78 is 9.70. The van der Waals surface area contributed by atoms with Gasteiger partial charge in [-0.3, -0.25) is 9.59 Å². The van der Waals surface area contributed by atoms with E-state index in [1.807, 2.05) is 64.8 Å². The number of fused-ring (bicyclic) bond motifs is 2. The number of nitrogens with zero attached hydrogens (tertiary/aromatic N) is 6. The van der Waals surface area contributed by atoms with Gasteiger partial charge in [-0.05, 0) is 130 Å². The second kappa shape index (κ2) is 14.9. The van der Waals surface area contributed by atoms with Crippen LogP contribution < -0.4 is 21.1 Å². The first-order valence-electron chi connectivity index (χ1n) is 22.1. The molecule has 5 saturated carbocycles. The van der Waals surface area contributed by atoms with Crippen LogP contribution in [0.25, 0.3) is 33.2 Å². The molecule has 5 aliphatic carbocycles. The number of nitrogens with two attached hydrogens (primary N) is 1. The lowest BCUT2D eigenvalue weighted by atomic mass is 9.47. The molecule has 12 heteroatoms. The molecule has 4 heterocycles. The maximum absolute atomic E-state index is 13.5. The highest BCUT2D eigenvalue weighted by molar-refractivity contribution is 6.07. The van der Waals surface area contributed by atoms with Crippen LogP contribution in [0.5, 0.6) is 5.75 Å². The molecule has 6 aliphatic rings. The number of piperidine rings is 1.